The Labute approximate surface area is 91.1 Å². The first-order valence-electron chi connectivity index (χ1n) is 4.35. The number of halogens is 2. The third-order valence-electron chi connectivity index (χ3n) is 2.24. The Balaban J connectivity index is 2.72. The maximum Gasteiger partial charge on any atom is 0.142 e. The van der Waals surface area contributed by atoms with E-state index in [1.54, 1.807) is 6.07 Å². The molecule has 0 unspecified atom stereocenters. The quantitative estimate of drug-likeness (QED) is 0.784. The molecule has 0 amide bonds. The second-order valence-corrected chi connectivity index (χ2v) is 3.63. The highest BCUT2D eigenvalue weighted by Gasteiger charge is 2.14. The molecule has 0 saturated heterocycles. The van der Waals surface area contributed by atoms with E-state index in [0.29, 0.717) is 16.9 Å². The third kappa shape index (κ3) is 1.57. The van der Waals surface area contributed by atoms with Crippen molar-refractivity contribution >= 4 is 17.4 Å². The second kappa shape index (κ2) is 3.55. The summed E-state index contributed by atoms with van der Waals surface area (Å²) in [5.41, 5.74) is 7.73. The first-order chi connectivity index (χ1) is 7.11. The van der Waals surface area contributed by atoms with Crippen molar-refractivity contribution in [3.63, 3.8) is 0 Å². The molecule has 1 heterocycles. The van der Waals surface area contributed by atoms with Crippen LogP contribution in [0.2, 0.25) is 5.02 Å². The topological polar surface area (TPSA) is 54.7 Å². The van der Waals surface area contributed by atoms with Gasteiger partial charge in [-0.3, -0.25) is 5.10 Å². The van der Waals surface area contributed by atoms with Crippen LogP contribution in [0.15, 0.2) is 18.3 Å². The largest absolute Gasteiger partial charge is 0.384 e. The van der Waals surface area contributed by atoms with E-state index in [9.17, 15) is 4.39 Å². The van der Waals surface area contributed by atoms with Gasteiger partial charge in [0.05, 0.1) is 11.2 Å². The SMILES string of the molecule is Cc1ccc(F)c(Cl)c1-c1cn[nH]c1N. The molecular formula is C10H9ClFN3. The first kappa shape index (κ1) is 9.98. The Morgan fingerprint density at radius 1 is 1.47 bits per heavy atom. The number of nitrogens with one attached hydrogen (secondary N) is 1. The van der Waals surface area contributed by atoms with E-state index in [1.165, 1.54) is 12.3 Å². The fraction of sp³-hybridized carbons (Fsp3) is 0.100. The molecule has 1 aromatic carbocycles. The van der Waals surface area contributed by atoms with Gasteiger partial charge in [0.15, 0.2) is 0 Å². The van der Waals surface area contributed by atoms with Crippen LogP contribution >= 0.6 is 11.6 Å². The molecule has 5 heteroatoms. The van der Waals surface area contributed by atoms with Crippen LogP contribution in [0.25, 0.3) is 11.1 Å². The van der Waals surface area contributed by atoms with Crippen molar-refractivity contribution in [2.75, 3.05) is 5.73 Å². The number of aryl methyl sites for hydroxylation is 1. The van der Waals surface area contributed by atoms with Crippen molar-refractivity contribution in [3.8, 4) is 11.1 Å². The van der Waals surface area contributed by atoms with E-state index in [0.717, 1.165) is 5.56 Å². The van der Waals surface area contributed by atoms with E-state index < -0.39 is 5.82 Å². The lowest BCUT2D eigenvalue weighted by molar-refractivity contribution is 0.628. The molecule has 3 nitrogen and oxygen atoms in total. The molecule has 78 valence electrons. The van der Waals surface area contributed by atoms with Crippen LogP contribution in [0.5, 0.6) is 0 Å². The summed E-state index contributed by atoms with van der Waals surface area (Å²) in [5, 5.41) is 6.44. The van der Waals surface area contributed by atoms with Gasteiger partial charge in [-0.05, 0) is 18.6 Å². The maximum atomic E-state index is 13.3. The molecule has 15 heavy (non-hydrogen) atoms. The summed E-state index contributed by atoms with van der Waals surface area (Å²) in [7, 11) is 0. The summed E-state index contributed by atoms with van der Waals surface area (Å²) in [6, 6.07) is 2.99. The number of nitrogen functional groups attached to an aromatic ring is 1. The number of aromatic nitrogens is 2. The predicted molar refractivity (Wildman–Crippen MR) is 58.1 cm³/mol. The number of hydrogen-bond acceptors (Lipinski definition) is 2. The van der Waals surface area contributed by atoms with Crippen LogP contribution in [0.3, 0.4) is 0 Å². The van der Waals surface area contributed by atoms with Gasteiger partial charge in [-0.15, -0.1) is 0 Å². The molecule has 2 rings (SSSR count). The highest BCUT2D eigenvalue weighted by molar-refractivity contribution is 6.33. The minimum absolute atomic E-state index is 0.0723. The van der Waals surface area contributed by atoms with Crippen molar-refractivity contribution < 1.29 is 4.39 Å². The van der Waals surface area contributed by atoms with E-state index in [-0.39, 0.29) is 5.02 Å². The Morgan fingerprint density at radius 3 is 2.80 bits per heavy atom. The molecule has 0 aliphatic carbocycles. The molecular weight excluding hydrogens is 217 g/mol. The highest BCUT2D eigenvalue weighted by Crippen LogP contribution is 2.35. The van der Waals surface area contributed by atoms with Crippen LogP contribution in [0.1, 0.15) is 5.56 Å². The zero-order valence-corrected chi connectivity index (χ0v) is 8.77. The van der Waals surface area contributed by atoms with Gasteiger partial charge in [0.1, 0.15) is 11.6 Å². The fourth-order valence-corrected chi connectivity index (χ4v) is 1.79. The lowest BCUT2D eigenvalue weighted by Gasteiger charge is -2.07. The Morgan fingerprint density at radius 2 is 2.20 bits per heavy atom. The molecule has 0 radical (unpaired) electrons. The summed E-state index contributed by atoms with van der Waals surface area (Å²) in [6.45, 7) is 1.84. The Kier molecular flexibility index (Phi) is 2.36. The number of H-pyrrole nitrogens is 1. The Hall–Kier alpha value is -1.55. The summed E-state index contributed by atoms with van der Waals surface area (Å²) < 4.78 is 13.3. The number of nitrogens with two attached hydrogens (primary N) is 1. The standard InChI is InChI=1S/C10H9ClFN3/c1-5-2-3-7(12)9(11)8(5)6-4-14-15-10(6)13/h2-4H,1H3,(H3,13,14,15). The number of benzene rings is 1. The number of rotatable bonds is 1. The van der Waals surface area contributed by atoms with Gasteiger partial charge >= 0.3 is 0 Å². The van der Waals surface area contributed by atoms with Gasteiger partial charge in [-0.25, -0.2) is 4.39 Å². The molecule has 0 aliphatic heterocycles. The molecule has 3 N–H and O–H groups in total. The number of anilines is 1. The van der Waals surface area contributed by atoms with Crippen LogP contribution in [0.4, 0.5) is 10.2 Å². The summed E-state index contributed by atoms with van der Waals surface area (Å²) in [6.07, 6.45) is 1.53. The van der Waals surface area contributed by atoms with Crippen molar-refractivity contribution in [3.05, 3.63) is 34.7 Å². The van der Waals surface area contributed by atoms with Gasteiger partial charge in [0.2, 0.25) is 0 Å². The van der Waals surface area contributed by atoms with E-state index in [2.05, 4.69) is 10.2 Å². The first-order valence-corrected chi connectivity index (χ1v) is 4.73. The van der Waals surface area contributed by atoms with E-state index in [1.807, 2.05) is 6.92 Å². The zero-order chi connectivity index (χ0) is 11.0. The molecule has 0 spiro atoms. The van der Waals surface area contributed by atoms with Gasteiger partial charge < -0.3 is 5.73 Å². The molecule has 0 saturated carbocycles. The third-order valence-corrected chi connectivity index (χ3v) is 2.61. The molecule has 0 aliphatic rings. The lowest BCUT2D eigenvalue weighted by Crippen LogP contribution is -1.92. The molecule has 0 fully saturated rings. The number of hydrogen-bond donors (Lipinski definition) is 2. The predicted octanol–water partition coefficient (Wildman–Crippen LogP) is 2.76. The van der Waals surface area contributed by atoms with Crippen LogP contribution < -0.4 is 5.73 Å². The molecule has 1 aromatic heterocycles. The summed E-state index contributed by atoms with van der Waals surface area (Å²) in [4.78, 5) is 0. The molecule has 0 bridgehead atoms. The van der Waals surface area contributed by atoms with E-state index >= 15 is 0 Å². The number of nitrogens with zero attached hydrogens (tertiary/aromatic N) is 1. The maximum absolute atomic E-state index is 13.3. The Bertz CT molecular complexity index is 507. The van der Waals surface area contributed by atoms with Crippen molar-refractivity contribution in [2.24, 2.45) is 0 Å². The second-order valence-electron chi connectivity index (χ2n) is 3.25. The summed E-state index contributed by atoms with van der Waals surface area (Å²) >= 11 is 5.89. The van der Waals surface area contributed by atoms with Crippen LogP contribution in [0, 0.1) is 12.7 Å². The lowest BCUT2D eigenvalue weighted by atomic mass is 10.0. The van der Waals surface area contributed by atoms with Gasteiger partial charge in [0.25, 0.3) is 0 Å². The summed E-state index contributed by atoms with van der Waals surface area (Å²) in [5.74, 6) is -0.0801. The van der Waals surface area contributed by atoms with Gasteiger partial charge in [-0.2, -0.15) is 5.10 Å². The van der Waals surface area contributed by atoms with Crippen molar-refractivity contribution in [1.82, 2.24) is 10.2 Å². The van der Waals surface area contributed by atoms with E-state index in [4.69, 9.17) is 17.3 Å². The van der Waals surface area contributed by atoms with Gasteiger partial charge in [0, 0.05) is 11.1 Å². The number of aromatic amines is 1. The molecule has 2 aromatic rings. The fourth-order valence-electron chi connectivity index (χ4n) is 1.47. The highest BCUT2D eigenvalue weighted by atomic mass is 35.5. The minimum atomic E-state index is -0.460. The minimum Gasteiger partial charge on any atom is -0.384 e. The normalized spacial score (nSPS) is 10.6. The van der Waals surface area contributed by atoms with Crippen LogP contribution in [-0.4, -0.2) is 10.2 Å². The van der Waals surface area contributed by atoms with Crippen LogP contribution in [-0.2, 0) is 0 Å². The van der Waals surface area contributed by atoms with Crippen molar-refractivity contribution in [1.29, 1.82) is 0 Å². The van der Waals surface area contributed by atoms with Gasteiger partial charge in [-0.1, -0.05) is 17.7 Å². The average Bonchev–Trinajstić information content (AvgIpc) is 2.60. The monoisotopic (exact) mass is 225 g/mol. The smallest absolute Gasteiger partial charge is 0.142 e. The average molecular weight is 226 g/mol. The molecule has 0 atom stereocenters. The zero-order valence-electron chi connectivity index (χ0n) is 8.01. The van der Waals surface area contributed by atoms with Crippen molar-refractivity contribution in [2.45, 2.75) is 6.92 Å².